The summed E-state index contributed by atoms with van der Waals surface area (Å²) in [5.74, 6) is -0.278. The molecule has 4 N–H and O–H groups in total. The third-order valence-corrected chi connectivity index (χ3v) is 2.67. The Labute approximate surface area is 113 Å². The first-order valence-electron chi connectivity index (χ1n) is 5.18. The van der Waals surface area contributed by atoms with Crippen molar-refractivity contribution in [2.45, 2.75) is 12.5 Å². The van der Waals surface area contributed by atoms with Crippen LogP contribution in [0.15, 0.2) is 0 Å². The van der Waals surface area contributed by atoms with Crippen LogP contribution in [0.2, 0.25) is 5.28 Å². The summed E-state index contributed by atoms with van der Waals surface area (Å²) in [4.78, 5) is 17.5. The Morgan fingerprint density at radius 1 is 1.32 bits per heavy atom. The van der Waals surface area contributed by atoms with Crippen molar-refractivity contribution in [3.8, 4) is 0 Å². The number of hydrogen-bond donors (Lipinski definition) is 4. The average molecular weight is 293 g/mol. The molecule has 0 unspecified atom stereocenters. The van der Waals surface area contributed by atoms with Gasteiger partial charge in [0.15, 0.2) is 0 Å². The number of aliphatic hydroxyl groups excluding tert-OH is 3. The molecular weight excluding hydrogens is 280 g/mol. The molecule has 0 aromatic carbocycles. The lowest BCUT2D eigenvalue weighted by molar-refractivity contribution is -0.385. The average Bonchev–Trinajstić information content (AvgIpc) is 2.34. The maximum absolute atomic E-state index is 11.0. The van der Waals surface area contributed by atoms with Crippen LogP contribution < -0.4 is 5.32 Å². The van der Waals surface area contributed by atoms with Gasteiger partial charge in [-0.2, -0.15) is 4.98 Å². The van der Waals surface area contributed by atoms with E-state index >= 15 is 0 Å². The molecule has 0 amide bonds. The number of nitro groups is 1. The van der Waals surface area contributed by atoms with Crippen LogP contribution >= 0.6 is 11.6 Å². The van der Waals surface area contributed by atoms with Crippen LogP contribution in [0.25, 0.3) is 0 Å². The number of aromatic nitrogens is 2. The number of hydrogen-bond acceptors (Lipinski definition) is 8. The van der Waals surface area contributed by atoms with Crippen LogP contribution in [0.1, 0.15) is 5.69 Å². The van der Waals surface area contributed by atoms with Crippen molar-refractivity contribution in [3.63, 3.8) is 0 Å². The highest BCUT2D eigenvalue weighted by molar-refractivity contribution is 6.28. The van der Waals surface area contributed by atoms with Crippen molar-refractivity contribution < 1.29 is 20.2 Å². The second-order valence-electron chi connectivity index (χ2n) is 3.91. The van der Waals surface area contributed by atoms with Gasteiger partial charge in [0, 0.05) is 0 Å². The number of halogens is 1. The Balaban J connectivity index is 3.30. The first-order chi connectivity index (χ1) is 8.89. The zero-order valence-electron chi connectivity index (χ0n) is 10.00. The fourth-order valence-electron chi connectivity index (χ4n) is 1.36. The minimum atomic E-state index is -1.55. The Bertz CT molecular complexity index is 472. The van der Waals surface area contributed by atoms with Gasteiger partial charge in [-0.3, -0.25) is 10.1 Å². The molecule has 0 bridgehead atoms. The highest BCUT2D eigenvalue weighted by atomic mass is 35.5. The SMILES string of the molecule is Cc1nc(Cl)nc(NC(CO)(CO)CO)c1[N+](=O)[O-]. The van der Waals surface area contributed by atoms with Gasteiger partial charge in [-0.25, -0.2) is 4.98 Å². The van der Waals surface area contributed by atoms with Crippen LogP contribution in [0.4, 0.5) is 11.5 Å². The van der Waals surface area contributed by atoms with Gasteiger partial charge in [-0.1, -0.05) is 0 Å². The van der Waals surface area contributed by atoms with E-state index in [4.69, 9.17) is 11.6 Å². The van der Waals surface area contributed by atoms with E-state index in [1.54, 1.807) is 0 Å². The second-order valence-corrected chi connectivity index (χ2v) is 4.25. The van der Waals surface area contributed by atoms with Gasteiger partial charge in [-0.15, -0.1) is 0 Å². The van der Waals surface area contributed by atoms with E-state index < -0.39 is 36.0 Å². The third-order valence-electron chi connectivity index (χ3n) is 2.51. The standard InChI is InChI=1S/C9H13ClN4O5/c1-5-6(14(18)19)7(12-8(10)11-5)13-9(2-15,3-16)4-17/h15-17H,2-4H2,1H3,(H,11,12,13). The zero-order chi connectivity index (χ0) is 14.6. The lowest BCUT2D eigenvalue weighted by atomic mass is 10.0. The Morgan fingerprint density at radius 3 is 2.26 bits per heavy atom. The molecule has 0 aliphatic rings. The molecule has 0 aliphatic carbocycles. The summed E-state index contributed by atoms with van der Waals surface area (Å²) in [7, 11) is 0. The molecular formula is C9H13ClN4O5. The van der Waals surface area contributed by atoms with Crippen molar-refractivity contribution in [2.24, 2.45) is 0 Å². The summed E-state index contributed by atoms with van der Waals surface area (Å²) in [6, 6.07) is 0. The van der Waals surface area contributed by atoms with Crippen molar-refractivity contribution in [1.82, 2.24) is 9.97 Å². The summed E-state index contributed by atoms with van der Waals surface area (Å²) in [5.41, 5.74) is -1.96. The summed E-state index contributed by atoms with van der Waals surface area (Å²) >= 11 is 5.61. The lowest BCUT2D eigenvalue weighted by Crippen LogP contribution is -2.49. The van der Waals surface area contributed by atoms with Gasteiger partial charge in [0.2, 0.25) is 11.1 Å². The van der Waals surface area contributed by atoms with Gasteiger partial charge < -0.3 is 20.6 Å². The molecule has 1 rings (SSSR count). The van der Waals surface area contributed by atoms with E-state index in [0.717, 1.165) is 0 Å². The topological polar surface area (TPSA) is 142 Å². The molecule has 0 fully saturated rings. The van der Waals surface area contributed by atoms with Crippen LogP contribution in [-0.2, 0) is 0 Å². The van der Waals surface area contributed by atoms with Gasteiger partial charge in [0.05, 0.1) is 24.7 Å². The molecule has 1 heterocycles. The van der Waals surface area contributed by atoms with Gasteiger partial charge in [-0.05, 0) is 18.5 Å². The molecule has 0 radical (unpaired) electrons. The molecule has 0 saturated heterocycles. The Kier molecular flexibility index (Phi) is 4.95. The van der Waals surface area contributed by atoms with Crippen LogP contribution in [-0.4, -0.2) is 55.6 Å². The highest BCUT2D eigenvalue weighted by Gasteiger charge is 2.32. The van der Waals surface area contributed by atoms with Gasteiger partial charge >= 0.3 is 5.69 Å². The maximum atomic E-state index is 11.0. The number of rotatable bonds is 6. The van der Waals surface area contributed by atoms with Crippen molar-refractivity contribution in [3.05, 3.63) is 21.1 Å². The molecule has 106 valence electrons. The zero-order valence-corrected chi connectivity index (χ0v) is 10.8. The van der Waals surface area contributed by atoms with E-state index in [2.05, 4.69) is 15.3 Å². The first kappa shape index (κ1) is 15.5. The summed E-state index contributed by atoms with van der Waals surface area (Å²) in [6.07, 6.45) is 0. The first-order valence-corrected chi connectivity index (χ1v) is 5.56. The van der Waals surface area contributed by atoms with Crippen LogP contribution in [0, 0.1) is 17.0 Å². The Morgan fingerprint density at radius 2 is 1.84 bits per heavy atom. The summed E-state index contributed by atoms with van der Waals surface area (Å²) in [6.45, 7) is -0.594. The predicted molar refractivity (Wildman–Crippen MR) is 66.0 cm³/mol. The molecule has 0 saturated carbocycles. The summed E-state index contributed by atoms with van der Waals surface area (Å²) < 4.78 is 0. The lowest BCUT2D eigenvalue weighted by Gasteiger charge is -2.29. The number of aliphatic hydroxyl groups is 3. The third kappa shape index (κ3) is 3.26. The van der Waals surface area contributed by atoms with E-state index in [1.165, 1.54) is 6.92 Å². The van der Waals surface area contributed by atoms with E-state index in [-0.39, 0.29) is 16.8 Å². The highest BCUT2D eigenvalue weighted by Crippen LogP contribution is 2.28. The normalized spacial score (nSPS) is 11.4. The smallest absolute Gasteiger partial charge is 0.332 e. The van der Waals surface area contributed by atoms with Crippen molar-refractivity contribution in [2.75, 3.05) is 25.1 Å². The van der Waals surface area contributed by atoms with Crippen molar-refractivity contribution >= 4 is 23.1 Å². The van der Waals surface area contributed by atoms with Gasteiger partial charge in [0.1, 0.15) is 11.2 Å². The molecule has 9 nitrogen and oxygen atoms in total. The number of anilines is 1. The number of nitrogens with zero attached hydrogens (tertiary/aromatic N) is 3. The van der Waals surface area contributed by atoms with Gasteiger partial charge in [0.25, 0.3) is 0 Å². The van der Waals surface area contributed by atoms with Crippen LogP contribution in [0.3, 0.4) is 0 Å². The molecule has 0 spiro atoms. The fraction of sp³-hybridized carbons (Fsp3) is 0.556. The van der Waals surface area contributed by atoms with Crippen LogP contribution in [0.5, 0.6) is 0 Å². The largest absolute Gasteiger partial charge is 0.394 e. The fourth-order valence-corrected chi connectivity index (χ4v) is 1.57. The number of aryl methyl sites for hydroxylation is 1. The van der Waals surface area contributed by atoms with E-state index in [1.807, 2.05) is 0 Å². The monoisotopic (exact) mass is 292 g/mol. The maximum Gasteiger partial charge on any atom is 0.332 e. The number of nitrogens with one attached hydrogen (secondary N) is 1. The Hall–Kier alpha value is -1.55. The molecule has 1 aromatic rings. The van der Waals surface area contributed by atoms with Crippen molar-refractivity contribution in [1.29, 1.82) is 0 Å². The second kappa shape index (κ2) is 6.06. The van der Waals surface area contributed by atoms with E-state index in [0.29, 0.717) is 0 Å². The van der Waals surface area contributed by atoms with E-state index in [9.17, 15) is 25.4 Å². The molecule has 10 heteroatoms. The molecule has 1 aromatic heterocycles. The molecule has 19 heavy (non-hydrogen) atoms. The molecule has 0 atom stereocenters. The minimum absolute atomic E-state index is 0.0234. The quantitative estimate of drug-likeness (QED) is 0.311. The predicted octanol–water partition coefficient (Wildman–Crippen LogP) is -0.526. The summed E-state index contributed by atoms with van der Waals surface area (Å²) in [5, 5.41) is 40.7. The molecule has 0 aliphatic heterocycles. The minimum Gasteiger partial charge on any atom is -0.394 e.